The fraction of sp³-hybridized carbons (Fsp3) is 0.143. The van der Waals surface area contributed by atoms with E-state index in [-0.39, 0.29) is 11.9 Å². The van der Waals surface area contributed by atoms with Gasteiger partial charge in [-0.25, -0.2) is 9.67 Å². The number of carbonyl (C=O) groups excluding carboxylic acids is 1. The van der Waals surface area contributed by atoms with Crippen LogP contribution in [0.1, 0.15) is 18.5 Å². The van der Waals surface area contributed by atoms with Crippen LogP contribution in [-0.4, -0.2) is 37.7 Å². The molecule has 9 heteroatoms. The molecule has 1 aliphatic heterocycles. The van der Waals surface area contributed by atoms with E-state index in [1.54, 1.807) is 11.0 Å². The van der Waals surface area contributed by atoms with Crippen LogP contribution in [-0.2, 0) is 4.79 Å². The first-order valence-electron chi connectivity index (χ1n) is 9.21. The van der Waals surface area contributed by atoms with Crippen LogP contribution in [0.3, 0.4) is 0 Å². The number of aromatic nitrogens is 3. The summed E-state index contributed by atoms with van der Waals surface area (Å²) >= 11 is 8.89. The number of amides is 1. The highest BCUT2D eigenvalue weighted by Crippen LogP contribution is 2.31. The summed E-state index contributed by atoms with van der Waals surface area (Å²) in [4.78, 5) is 19.0. The van der Waals surface area contributed by atoms with Crippen molar-refractivity contribution in [3.8, 4) is 5.69 Å². The normalized spacial score (nSPS) is 16.4. The maximum absolute atomic E-state index is 13.2. The van der Waals surface area contributed by atoms with Gasteiger partial charge in [0.15, 0.2) is 5.11 Å². The highest BCUT2D eigenvalue weighted by Gasteiger charge is 2.32. The van der Waals surface area contributed by atoms with Gasteiger partial charge in [0.2, 0.25) is 0 Å². The minimum Gasteiger partial charge on any atom is -0.351 e. The van der Waals surface area contributed by atoms with Gasteiger partial charge in [-0.3, -0.25) is 4.79 Å². The van der Waals surface area contributed by atoms with Crippen LogP contribution >= 0.6 is 28.1 Å². The van der Waals surface area contributed by atoms with Gasteiger partial charge in [-0.05, 0) is 61.1 Å². The smallest absolute Gasteiger partial charge is 0.255 e. The van der Waals surface area contributed by atoms with E-state index in [4.69, 9.17) is 12.2 Å². The van der Waals surface area contributed by atoms with Crippen molar-refractivity contribution in [3.05, 3.63) is 82.5 Å². The summed E-state index contributed by atoms with van der Waals surface area (Å²) in [6.07, 6.45) is 3.13. The largest absolute Gasteiger partial charge is 0.351 e. The first kappa shape index (κ1) is 20.2. The number of benzene rings is 2. The van der Waals surface area contributed by atoms with Crippen LogP contribution in [0.5, 0.6) is 0 Å². The van der Waals surface area contributed by atoms with Crippen LogP contribution in [0.4, 0.5) is 5.69 Å². The molecule has 0 saturated heterocycles. The van der Waals surface area contributed by atoms with Crippen molar-refractivity contribution >= 4 is 44.9 Å². The van der Waals surface area contributed by atoms with E-state index in [0.717, 1.165) is 27.1 Å². The van der Waals surface area contributed by atoms with Crippen molar-refractivity contribution in [1.82, 2.24) is 25.0 Å². The summed E-state index contributed by atoms with van der Waals surface area (Å²) in [7, 11) is 1.85. The number of hydrogen-bond acceptors (Lipinski definition) is 4. The number of carbonyl (C=O) groups is 1. The quantitative estimate of drug-likeness (QED) is 0.550. The Kier molecular flexibility index (Phi) is 5.65. The average Bonchev–Trinajstić information content (AvgIpc) is 3.28. The number of rotatable bonds is 4. The Morgan fingerprint density at radius 2 is 1.87 bits per heavy atom. The molecule has 0 bridgehead atoms. The molecule has 7 nitrogen and oxygen atoms in total. The van der Waals surface area contributed by atoms with Gasteiger partial charge >= 0.3 is 0 Å². The third-order valence-electron chi connectivity index (χ3n) is 5.01. The van der Waals surface area contributed by atoms with Gasteiger partial charge in [0.1, 0.15) is 12.7 Å². The Labute approximate surface area is 187 Å². The van der Waals surface area contributed by atoms with E-state index in [1.807, 2.05) is 67.4 Å². The first-order valence-corrected chi connectivity index (χ1v) is 10.4. The summed E-state index contributed by atoms with van der Waals surface area (Å²) in [5.41, 5.74) is 3.95. The van der Waals surface area contributed by atoms with E-state index in [1.165, 1.54) is 6.33 Å². The minimum atomic E-state index is -0.367. The maximum Gasteiger partial charge on any atom is 0.255 e. The molecular formula is C21H19BrN6OS. The minimum absolute atomic E-state index is 0.179. The first-order chi connectivity index (χ1) is 14.4. The highest BCUT2D eigenvalue weighted by atomic mass is 79.9. The van der Waals surface area contributed by atoms with Crippen LogP contribution in [0.2, 0.25) is 0 Å². The number of hydrogen-bond donors (Lipinski definition) is 2. The standard InChI is InChI=1S/C21H19BrN6OS/c1-13-18(20(29)25-16-7-5-15(22)6-8-16)19(26-21(30)27(13)2)14-3-9-17(10-4-14)28-12-23-11-24-28/h3-12,19H,1-2H3,(H,25,29)(H,26,30). The zero-order valence-corrected chi connectivity index (χ0v) is 18.7. The third-order valence-corrected chi connectivity index (χ3v) is 5.93. The third kappa shape index (κ3) is 3.99. The van der Waals surface area contributed by atoms with E-state index >= 15 is 0 Å². The predicted octanol–water partition coefficient (Wildman–Crippen LogP) is 3.80. The number of nitrogens with one attached hydrogen (secondary N) is 2. The van der Waals surface area contributed by atoms with Crippen LogP contribution < -0.4 is 10.6 Å². The molecule has 0 radical (unpaired) electrons. The number of halogens is 1. The molecular weight excluding hydrogens is 464 g/mol. The second-order valence-corrected chi connectivity index (χ2v) is 8.14. The number of thiocarbonyl (C=S) groups is 1. The molecule has 0 fully saturated rings. The zero-order chi connectivity index (χ0) is 21.3. The molecule has 0 saturated carbocycles. The molecule has 152 valence electrons. The van der Waals surface area contributed by atoms with Crippen molar-refractivity contribution in [3.63, 3.8) is 0 Å². The van der Waals surface area contributed by atoms with Crippen LogP contribution in [0.15, 0.2) is 76.9 Å². The lowest BCUT2D eigenvalue weighted by atomic mass is 9.94. The number of allylic oxidation sites excluding steroid dienone is 1. The average molecular weight is 483 g/mol. The molecule has 4 rings (SSSR count). The van der Waals surface area contributed by atoms with Crippen molar-refractivity contribution in [2.45, 2.75) is 13.0 Å². The topological polar surface area (TPSA) is 75.1 Å². The molecule has 1 unspecified atom stereocenters. The van der Waals surface area contributed by atoms with Gasteiger partial charge in [-0.15, -0.1) is 0 Å². The van der Waals surface area contributed by atoms with Crippen molar-refractivity contribution in [1.29, 1.82) is 0 Å². The second kappa shape index (κ2) is 8.37. The van der Waals surface area contributed by atoms with E-state index in [2.05, 4.69) is 36.6 Å². The second-order valence-electron chi connectivity index (χ2n) is 6.83. The summed E-state index contributed by atoms with van der Waals surface area (Å²) in [5, 5.41) is 11.0. The highest BCUT2D eigenvalue weighted by molar-refractivity contribution is 9.10. The molecule has 1 atom stereocenters. The van der Waals surface area contributed by atoms with Gasteiger partial charge in [-0.1, -0.05) is 28.1 Å². The lowest BCUT2D eigenvalue weighted by Crippen LogP contribution is -2.46. The maximum atomic E-state index is 13.2. The molecule has 2 heterocycles. The molecule has 30 heavy (non-hydrogen) atoms. The SMILES string of the molecule is CC1=C(C(=O)Nc2ccc(Br)cc2)C(c2ccc(-n3cncn3)cc2)NC(=S)N1C. The summed E-state index contributed by atoms with van der Waals surface area (Å²) in [6.45, 7) is 1.90. The van der Waals surface area contributed by atoms with E-state index in [0.29, 0.717) is 10.7 Å². The Bertz CT molecular complexity index is 1110. The molecule has 0 aliphatic carbocycles. The van der Waals surface area contributed by atoms with Gasteiger partial charge in [0.25, 0.3) is 5.91 Å². The summed E-state index contributed by atoms with van der Waals surface area (Å²) in [6, 6.07) is 14.9. The van der Waals surface area contributed by atoms with Gasteiger partial charge in [-0.2, -0.15) is 5.10 Å². The zero-order valence-electron chi connectivity index (χ0n) is 16.3. The molecule has 1 aliphatic rings. The van der Waals surface area contributed by atoms with E-state index in [9.17, 15) is 4.79 Å². The number of anilines is 1. The lowest BCUT2D eigenvalue weighted by Gasteiger charge is -2.35. The van der Waals surface area contributed by atoms with Gasteiger partial charge < -0.3 is 15.5 Å². The van der Waals surface area contributed by atoms with Crippen molar-refractivity contribution in [2.75, 3.05) is 12.4 Å². The molecule has 2 N–H and O–H groups in total. The Morgan fingerprint density at radius 3 is 2.50 bits per heavy atom. The predicted molar refractivity (Wildman–Crippen MR) is 123 cm³/mol. The van der Waals surface area contributed by atoms with Crippen LogP contribution in [0, 0.1) is 0 Å². The monoisotopic (exact) mass is 482 g/mol. The Hall–Kier alpha value is -3.04. The molecule has 1 amide bonds. The van der Waals surface area contributed by atoms with Gasteiger partial charge in [0.05, 0.1) is 17.3 Å². The Morgan fingerprint density at radius 1 is 1.17 bits per heavy atom. The van der Waals surface area contributed by atoms with E-state index < -0.39 is 0 Å². The Balaban J connectivity index is 1.67. The van der Waals surface area contributed by atoms with Crippen LogP contribution in [0.25, 0.3) is 5.69 Å². The molecule has 0 spiro atoms. The summed E-state index contributed by atoms with van der Waals surface area (Å²) < 4.78 is 2.63. The molecule has 2 aromatic carbocycles. The fourth-order valence-corrected chi connectivity index (χ4v) is 3.79. The lowest BCUT2D eigenvalue weighted by molar-refractivity contribution is -0.113. The summed E-state index contributed by atoms with van der Waals surface area (Å²) in [5.74, 6) is -0.179. The molecule has 3 aromatic rings. The van der Waals surface area contributed by atoms with Crippen molar-refractivity contribution in [2.24, 2.45) is 0 Å². The molecule has 1 aromatic heterocycles. The number of nitrogens with zero attached hydrogens (tertiary/aromatic N) is 4. The van der Waals surface area contributed by atoms with Gasteiger partial charge in [0, 0.05) is 22.9 Å². The fourth-order valence-electron chi connectivity index (χ4n) is 3.27. The van der Waals surface area contributed by atoms with Crippen molar-refractivity contribution < 1.29 is 4.79 Å².